The van der Waals surface area contributed by atoms with E-state index in [2.05, 4.69) is 5.32 Å². The first kappa shape index (κ1) is 22.7. The number of nitrogens with zero attached hydrogens (tertiary/aromatic N) is 2. The van der Waals surface area contributed by atoms with Crippen LogP contribution in [0.15, 0.2) is 42.5 Å². The fourth-order valence-electron chi connectivity index (χ4n) is 2.66. The number of nitrogens with one attached hydrogen (secondary N) is 1. The summed E-state index contributed by atoms with van der Waals surface area (Å²) in [5.74, 6) is 0.320. The molecule has 0 fully saturated rings. The van der Waals surface area contributed by atoms with Crippen LogP contribution in [0.5, 0.6) is 5.75 Å². The van der Waals surface area contributed by atoms with E-state index in [4.69, 9.17) is 4.74 Å². The Morgan fingerprint density at radius 3 is 2.24 bits per heavy atom. The van der Waals surface area contributed by atoms with Crippen molar-refractivity contribution in [1.29, 1.82) is 0 Å². The van der Waals surface area contributed by atoms with E-state index in [9.17, 15) is 13.2 Å². The Kier molecular flexibility index (Phi) is 7.64. The lowest BCUT2D eigenvalue weighted by atomic mass is 10.1. The van der Waals surface area contributed by atoms with Crippen molar-refractivity contribution >= 4 is 21.8 Å². The van der Waals surface area contributed by atoms with Crippen LogP contribution in [0, 0.1) is 20.8 Å². The minimum Gasteiger partial charge on any atom is -0.492 e. The molecule has 0 atom stereocenters. The van der Waals surface area contributed by atoms with Crippen LogP contribution >= 0.6 is 0 Å². The average Bonchev–Trinajstić information content (AvgIpc) is 2.66. The molecule has 0 heterocycles. The van der Waals surface area contributed by atoms with Crippen molar-refractivity contribution in [2.24, 2.45) is 0 Å². The van der Waals surface area contributed by atoms with Crippen molar-refractivity contribution in [3.05, 3.63) is 59.2 Å². The van der Waals surface area contributed by atoms with Gasteiger partial charge in [0.25, 0.3) is 0 Å². The van der Waals surface area contributed by atoms with Crippen molar-refractivity contribution in [2.75, 3.05) is 38.1 Å². The molecule has 0 aromatic heterocycles. The summed E-state index contributed by atoms with van der Waals surface area (Å²) in [7, 11) is -0.939. The topological polar surface area (TPSA) is 79.0 Å². The maximum atomic E-state index is 12.8. The summed E-state index contributed by atoms with van der Waals surface area (Å²) in [5.41, 5.74) is 3.32. The first-order valence-electron chi connectivity index (χ1n) is 9.35. The summed E-state index contributed by atoms with van der Waals surface area (Å²) in [5, 5.41) is 2.72. The molecule has 0 bridgehead atoms. The quantitative estimate of drug-likeness (QED) is 0.633. The number of aryl methyl sites for hydroxylation is 3. The number of benzene rings is 2. The van der Waals surface area contributed by atoms with E-state index < -0.39 is 16.1 Å². The number of amides is 1. The highest BCUT2D eigenvalue weighted by atomic mass is 32.2. The van der Waals surface area contributed by atoms with E-state index in [0.29, 0.717) is 12.3 Å². The van der Waals surface area contributed by atoms with E-state index in [1.54, 1.807) is 6.07 Å². The molecule has 1 N–H and O–H groups in total. The summed E-state index contributed by atoms with van der Waals surface area (Å²) >= 11 is 0. The molecule has 0 aliphatic carbocycles. The minimum absolute atomic E-state index is 0.273. The van der Waals surface area contributed by atoms with E-state index in [-0.39, 0.29) is 13.1 Å². The smallest absolute Gasteiger partial charge is 0.304 e. The van der Waals surface area contributed by atoms with Crippen molar-refractivity contribution in [3.8, 4) is 5.75 Å². The largest absolute Gasteiger partial charge is 0.492 e. The zero-order valence-corrected chi connectivity index (χ0v) is 18.4. The Bertz CT molecular complexity index is 941. The van der Waals surface area contributed by atoms with Crippen molar-refractivity contribution in [2.45, 2.75) is 20.8 Å². The SMILES string of the molecule is Cc1ccc(OCCNC(=O)CN(c2cc(C)ccc2C)S(=O)(=O)N(C)C)cc1. The molecule has 0 spiro atoms. The summed E-state index contributed by atoms with van der Waals surface area (Å²) in [6.07, 6.45) is 0. The standard InChI is InChI=1S/C21H29N3O4S/c1-16-7-10-19(11-8-16)28-13-12-22-21(25)15-24(29(26,27)23(4)5)20-14-17(2)6-9-18(20)3/h6-11,14H,12-13,15H2,1-5H3,(H,22,25). The van der Waals surface area contributed by atoms with Crippen LogP contribution in [-0.4, -0.2) is 52.4 Å². The van der Waals surface area contributed by atoms with E-state index in [1.165, 1.54) is 14.1 Å². The normalized spacial score (nSPS) is 11.4. The van der Waals surface area contributed by atoms with E-state index >= 15 is 0 Å². The zero-order chi connectivity index (χ0) is 21.6. The number of carbonyl (C=O) groups excluding carboxylic acids is 1. The molecular weight excluding hydrogens is 390 g/mol. The third-order valence-electron chi connectivity index (χ3n) is 4.37. The summed E-state index contributed by atoms with van der Waals surface area (Å²) in [6.45, 7) is 5.95. The predicted octanol–water partition coefficient (Wildman–Crippen LogP) is 2.42. The van der Waals surface area contributed by atoms with Crippen LogP contribution in [0.1, 0.15) is 16.7 Å². The Morgan fingerprint density at radius 1 is 1.00 bits per heavy atom. The van der Waals surface area contributed by atoms with Gasteiger partial charge in [-0.1, -0.05) is 29.8 Å². The van der Waals surface area contributed by atoms with Crippen LogP contribution in [0.2, 0.25) is 0 Å². The van der Waals surface area contributed by atoms with Gasteiger partial charge in [0.1, 0.15) is 18.9 Å². The number of ether oxygens (including phenoxy) is 1. The summed E-state index contributed by atoms with van der Waals surface area (Å²) in [6, 6.07) is 13.1. The first-order chi connectivity index (χ1) is 13.6. The Balaban J connectivity index is 2.03. The van der Waals surface area contributed by atoms with Gasteiger partial charge in [0.15, 0.2) is 0 Å². The molecule has 0 saturated heterocycles. The first-order valence-corrected chi connectivity index (χ1v) is 10.7. The van der Waals surface area contributed by atoms with Crippen molar-refractivity contribution in [3.63, 3.8) is 0 Å². The van der Waals surface area contributed by atoms with E-state index in [1.807, 2.05) is 57.2 Å². The molecule has 8 heteroatoms. The number of hydrogen-bond acceptors (Lipinski definition) is 4. The Hall–Kier alpha value is -2.58. The Morgan fingerprint density at radius 2 is 1.62 bits per heavy atom. The van der Waals surface area contributed by atoms with Gasteiger partial charge in [-0.3, -0.25) is 4.79 Å². The van der Waals surface area contributed by atoms with Gasteiger partial charge in [-0.25, -0.2) is 4.31 Å². The highest BCUT2D eigenvalue weighted by Crippen LogP contribution is 2.25. The molecule has 2 aromatic carbocycles. The molecule has 0 aliphatic rings. The van der Waals surface area contributed by atoms with Gasteiger partial charge in [-0.2, -0.15) is 12.7 Å². The van der Waals surface area contributed by atoms with Crippen LogP contribution < -0.4 is 14.4 Å². The number of carbonyl (C=O) groups is 1. The average molecular weight is 420 g/mol. The molecular formula is C21H29N3O4S. The van der Waals surface area contributed by atoms with Gasteiger partial charge >= 0.3 is 10.2 Å². The summed E-state index contributed by atoms with van der Waals surface area (Å²) < 4.78 is 33.5. The maximum absolute atomic E-state index is 12.8. The van der Waals surface area contributed by atoms with Gasteiger partial charge in [0.05, 0.1) is 12.2 Å². The molecule has 7 nitrogen and oxygen atoms in total. The second kappa shape index (κ2) is 9.76. The second-order valence-corrected chi connectivity index (χ2v) is 9.16. The second-order valence-electron chi connectivity index (χ2n) is 7.10. The van der Waals surface area contributed by atoms with Gasteiger partial charge in [0, 0.05) is 14.1 Å². The molecule has 158 valence electrons. The fourth-order valence-corrected chi connectivity index (χ4v) is 3.78. The van der Waals surface area contributed by atoms with Crippen LogP contribution in [0.4, 0.5) is 5.69 Å². The molecule has 0 saturated carbocycles. The van der Waals surface area contributed by atoms with Gasteiger partial charge in [0.2, 0.25) is 5.91 Å². The van der Waals surface area contributed by atoms with Crippen molar-refractivity contribution < 1.29 is 17.9 Å². The highest BCUT2D eigenvalue weighted by molar-refractivity contribution is 7.90. The molecule has 29 heavy (non-hydrogen) atoms. The minimum atomic E-state index is -3.83. The van der Waals surface area contributed by atoms with Crippen molar-refractivity contribution in [1.82, 2.24) is 9.62 Å². The monoisotopic (exact) mass is 419 g/mol. The zero-order valence-electron chi connectivity index (χ0n) is 17.6. The lowest BCUT2D eigenvalue weighted by Gasteiger charge is -2.28. The van der Waals surface area contributed by atoms with E-state index in [0.717, 1.165) is 31.1 Å². The number of hydrogen-bond donors (Lipinski definition) is 1. The van der Waals surface area contributed by atoms with Gasteiger partial charge in [-0.05, 0) is 50.1 Å². The molecule has 0 radical (unpaired) electrons. The predicted molar refractivity (Wildman–Crippen MR) is 116 cm³/mol. The molecule has 0 unspecified atom stereocenters. The van der Waals surface area contributed by atoms with Crippen LogP contribution in [0.3, 0.4) is 0 Å². The van der Waals surface area contributed by atoms with Gasteiger partial charge < -0.3 is 10.1 Å². The molecule has 2 rings (SSSR count). The third kappa shape index (κ3) is 6.20. The third-order valence-corrected chi connectivity index (χ3v) is 6.18. The lowest BCUT2D eigenvalue weighted by Crippen LogP contribution is -2.46. The summed E-state index contributed by atoms with van der Waals surface area (Å²) in [4.78, 5) is 12.5. The maximum Gasteiger partial charge on any atom is 0.304 e. The van der Waals surface area contributed by atoms with Crippen LogP contribution in [-0.2, 0) is 15.0 Å². The number of rotatable bonds is 9. The number of anilines is 1. The molecule has 1 amide bonds. The lowest BCUT2D eigenvalue weighted by molar-refractivity contribution is -0.119. The van der Waals surface area contributed by atoms with Gasteiger partial charge in [-0.15, -0.1) is 0 Å². The fraction of sp³-hybridized carbons (Fsp3) is 0.381. The molecule has 2 aromatic rings. The highest BCUT2D eigenvalue weighted by Gasteiger charge is 2.28. The molecule has 0 aliphatic heterocycles. The van der Waals surface area contributed by atoms with Crippen LogP contribution in [0.25, 0.3) is 0 Å². The Labute approximate surface area is 173 Å².